The summed E-state index contributed by atoms with van der Waals surface area (Å²) in [6, 6.07) is 20.7. The number of hydrogen-bond acceptors (Lipinski definition) is 5. The topological polar surface area (TPSA) is 78.3 Å². The summed E-state index contributed by atoms with van der Waals surface area (Å²) in [5.41, 5.74) is 3.37. The second kappa shape index (κ2) is 9.13. The molecule has 4 rings (SSSR count). The lowest BCUT2D eigenvalue weighted by Gasteiger charge is -2.09. The maximum Gasteiger partial charge on any atom is 0.255 e. The Kier molecular flexibility index (Phi) is 5.93. The van der Waals surface area contributed by atoms with Gasteiger partial charge in [-0.25, -0.2) is 4.68 Å². The smallest absolute Gasteiger partial charge is 0.255 e. The number of nitrogens with zero attached hydrogens (tertiary/aromatic N) is 3. The van der Waals surface area contributed by atoms with Crippen molar-refractivity contribution in [1.29, 1.82) is 0 Å². The predicted octanol–water partition coefficient (Wildman–Crippen LogP) is 3.88. The molecular weight excluding hydrogens is 392 g/mol. The molecular formula is C24H22N4O3. The zero-order valence-corrected chi connectivity index (χ0v) is 17.3. The molecule has 0 saturated carbocycles. The van der Waals surface area contributed by atoms with Crippen LogP contribution in [0.4, 0.5) is 0 Å². The Balaban J connectivity index is 1.72. The normalized spacial score (nSPS) is 10.5. The third kappa shape index (κ3) is 4.40. The Morgan fingerprint density at radius 1 is 0.968 bits per heavy atom. The summed E-state index contributed by atoms with van der Waals surface area (Å²) in [5, 5.41) is 7.63. The van der Waals surface area contributed by atoms with Crippen LogP contribution in [0, 0.1) is 0 Å². The Morgan fingerprint density at radius 2 is 1.74 bits per heavy atom. The van der Waals surface area contributed by atoms with Gasteiger partial charge in [-0.1, -0.05) is 24.3 Å². The number of carbonyl (C=O) groups excluding carboxylic acids is 1. The van der Waals surface area contributed by atoms with Crippen LogP contribution in [0.3, 0.4) is 0 Å². The van der Waals surface area contributed by atoms with Crippen LogP contribution in [0.15, 0.2) is 79.1 Å². The molecule has 0 fully saturated rings. The van der Waals surface area contributed by atoms with Gasteiger partial charge in [0.15, 0.2) is 11.5 Å². The molecule has 0 bridgehead atoms. The third-order valence-electron chi connectivity index (χ3n) is 4.79. The summed E-state index contributed by atoms with van der Waals surface area (Å²) in [6.07, 6.45) is 3.43. The van der Waals surface area contributed by atoms with E-state index in [1.807, 2.05) is 60.7 Å². The molecule has 0 aliphatic rings. The Labute approximate surface area is 180 Å². The van der Waals surface area contributed by atoms with Crippen molar-refractivity contribution >= 4 is 5.91 Å². The molecule has 0 saturated heterocycles. The van der Waals surface area contributed by atoms with Gasteiger partial charge in [0.2, 0.25) is 0 Å². The summed E-state index contributed by atoms with van der Waals surface area (Å²) < 4.78 is 12.5. The van der Waals surface area contributed by atoms with E-state index in [2.05, 4.69) is 10.3 Å². The van der Waals surface area contributed by atoms with Gasteiger partial charge >= 0.3 is 0 Å². The van der Waals surface area contributed by atoms with Crippen molar-refractivity contribution in [2.24, 2.45) is 0 Å². The lowest BCUT2D eigenvalue weighted by molar-refractivity contribution is 0.0951. The average Bonchev–Trinajstić information content (AvgIpc) is 3.29. The molecule has 0 aliphatic heterocycles. The van der Waals surface area contributed by atoms with Gasteiger partial charge in [0, 0.05) is 18.0 Å². The van der Waals surface area contributed by atoms with E-state index in [0.29, 0.717) is 29.3 Å². The van der Waals surface area contributed by atoms with Gasteiger partial charge in [-0.05, 0) is 42.5 Å². The Hall–Kier alpha value is -4.13. The van der Waals surface area contributed by atoms with Crippen LogP contribution in [0.2, 0.25) is 0 Å². The van der Waals surface area contributed by atoms with Gasteiger partial charge in [-0.2, -0.15) is 5.10 Å². The fraction of sp³-hybridized carbons (Fsp3) is 0.125. The van der Waals surface area contributed by atoms with Gasteiger partial charge in [0.05, 0.1) is 37.7 Å². The number of methoxy groups -OCH3 is 2. The van der Waals surface area contributed by atoms with E-state index >= 15 is 0 Å². The van der Waals surface area contributed by atoms with Crippen molar-refractivity contribution in [1.82, 2.24) is 20.1 Å². The number of carbonyl (C=O) groups is 1. The van der Waals surface area contributed by atoms with E-state index in [4.69, 9.17) is 14.6 Å². The van der Waals surface area contributed by atoms with Crippen LogP contribution in [0.25, 0.3) is 16.9 Å². The number of amides is 1. The van der Waals surface area contributed by atoms with E-state index in [-0.39, 0.29) is 5.91 Å². The lowest BCUT2D eigenvalue weighted by atomic mass is 10.1. The SMILES string of the molecule is COc1ccc(-c2nn(-c3ccccc3)cc2C(=O)NCc2ccccn2)cc1OC. The van der Waals surface area contributed by atoms with Crippen molar-refractivity contribution in [3.63, 3.8) is 0 Å². The van der Waals surface area contributed by atoms with Gasteiger partial charge in [0.1, 0.15) is 5.69 Å². The molecule has 2 heterocycles. The second-order valence-corrected chi connectivity index (χ2v) is 6.75. The molecule has 0 aliphatic carbocycles. The number of aromatic nitrogens is 3. The number of ether oxygens (including phenoxy) is 2. The highest BCUT2D eigenvalue weighted by Crippen LogP contribution is 2.33. The third-order valence-corrected chi connectivity index (χ3v) is 4.79. The number of benzene rings is 2. The maximum atomic E-state index is 13.1. The predicted molar refractivity (Wildman–Crippen MR) is 118 cm³/mol. The second-order valence-electron chi connectivity index (χ2n) is 6.75. The molecule has 4 aromatic rings. The zero-order valence-electron chi connectivity index (χ0n) is 17.3. The van der Waals surface area contributed by atoms with Crippen molar-refractivity contribution < 1.29 is 14.3 Å². The molecule has 1 N–H and O–H groups in total. The molecule has 1 amide bonds. The standard InChI is InChI=1S/C24H22N4O3/c1-30-21-12-11-17(14-22(21)31-2)23-20(16-28(27-23)19-9-4-3-5-10-19)24(29)26-15-18-8-6-7-13-25-18/h3-14,16H,15H2,1-2H3,(H,26,29). The number of pyridine rings is 1. The molecule has 0 spiro atoms. The van der Waals surface area contributed by atoms with Crippen LogP contribution < -0.4 is 14.8 Å². The minimum absolute atomic E-state index is 0.238. The Bertz CT molecular complexity index is 1170. The first-order chi connectivity index (χ1) is 15.2. The number of rotatable bonds is 7. The highest BCUT2D eigenvalue weighted by Gasteiger charge is 2.20. The quantitative estimate of drug-likeness (QED) is 0.497. The average molecular weight is 414 g/mol. The van der Waals surface area contributed by atoms with E-state index < -0.39 is 0 Å². The summed E-state index contributed by atoms with van der Waals surface area (Å²) in [7, 11) is 3.16. The zero-order chi connectivity index (χ0) is 21.6. The summed E-state index contributed by atoms with van der Waals surface area (Å²) in [5.74, 6) is 0.932. The van der Waals surface area contributed by atoms with Crippen LogP contribution >= 0.6 is 0 Å². The molecule has 156 valence electrons. The van der Waals surface area contributed by atoms with E-state index in [9.17, 15) is 4.79 Å². The van der Waals surface area contributed by atoms with Crippen LogP contribution in [0.1, 0.15) is 16.1 Å². The lowest BCUT2D eigenvalue weighted by Crippen LogP contribution is -2.23. The largest absolute Gasteiger partial charge is 0.493 e. The molecule has 7 nitrogen and oxygen atoms in total. The maximum absolute atomic E-state index is 13.1. The molecule has 7 heteroatoms. The highest BCUT2D eigenvalue weighted by molar-refractivity contribution is 6.00. The van der Waals surface area contributed by atoms with E-state index in [1.54, 1.807) is 37.4 Å². The summed E-state index contributed by atoms with van der Waals surface area (Å²) in [4.78, 5) is 17.3. The van der Waals surface area contributed by atoms with Crippen molar-refractivity contribution in [2.45, 2.75) is 6.54 Å². The summed E-state index contributed by atoms with van der Waals surface area (Å²) >= 11 is 0. The van der Waals surface area contributed by atoms with E-state index in [1.165, 1.54) is 0 Å². The van der Waals surface area contributed by atoms with Gasteiger partial charge in [0.25, 0.3) is 5.91 Å². The minimum Gasteiger partial charge on any atom is -0.493 e. The minimum atomic E-state index is -0.238. The van der Waals surface area contributed by atoms with Crippen molar-refractivity contribution in [3.8, 4) is 28.4 Å². The van der Waals surface area contributed by atoms with Gasteiger partial charge in [-0.15, -0.1) is 0 Å². The van der Waals surface area contributed by atoms with Crippen LogP contribution in [-0.2, 0) is 6.54 Å². The van der Waals surface area contributed by atoms with Gasteiger partial charge < -0.3 is 14.8 Å². The van der Waals surface area contributed by atoms with E-state index in [0.717, 1.165) is 16.9 Å². The molecule has 2 aromatic heterocycles. The molecule has 2 aromatic carbocycles. The van der Waals surface area contributed by atoms with Crippen molar-refractivity contribution in [3.05, 3.63) is 90.4 Å². The van der Waals surface area contributed by atoms with Gasteiger partial charge in [-0.3, -0.25) is 9.78 Å². The highest BCUT2D eigenvalue weighted by atomic mass is 16.5. The number of hydrogen-bond donors (Lipinski definition) is 1. The fourth-order valence-electron chi connectivity index (χ4n) is 3.22. The van der Waals surface area contributed by atoms with Crippen LogP contribution in [-0.4, -0.2) is 34.9 Å². The molecule has 0 unspecified atom stereocenters. The molecule has 0 atom stereocenters. The molecule has 0 radical (unpaired) electrons. The number of nitrogens with one attached hydrogen (secondary N) is 1. The first kappa shape index (κ1) is 20.2. The number of para-hydroxylation sites is 1. The summed E-state index contributed by atoms with van der Waals surface area (Å²) in [6.45, 7) is 0.321. The Morgan fingerprint density at radius 3 is 2.45 bits per heavy atom. The first-order valence-electron chi connectivity index (χ1n) is 9.75. The van der Waals surface area contributed by atoms with Crippen molar-refractivity contribution in [2.75, 3.05) is 14.2 Å². The first-order valence-corrected chi connectivity index (χ1v) is 9.75. The monoisotopic (exact) mass is 414 g/mol. The molecule has 31 heavy (non-hydrogen) atoms. The van der Waals surface area contributed by atoms with Crippen LogP contribution in [0.5, 0.6) is 11.5 Å². The fourth-order valence-corrected chi connectivity index (χ4v) is 3.22.